The molecule has 0 atom stereocenters. The van der Waals surface area contributed by atoms with Crippen molar-refractivity contribution < 1.29 is 14.3 Å². The van der Waals surface area contributed by atoms with Crippen LogP contribution in [0, 0.1) is 0 Å². The number of nitrogens with one attached hydrogen (secondary N) is 2. The molecule has 0 saturated heterocycles. The SMILES string of the molecule is CCCCCOc1ccc(C(=O)Nc2sccc2C(=O)NC)cc1. The Bertz CT molecular complexity index is 680. The highest BCUT2D eigenvalue weighted by atomic mass is 32.1. The van der Waals surface area contributed by atoms with Crippen LogP contribution in [0.15, 0.2) is 35.7 Å². The summed E-state index contributed by atoms with van der Waals surface area (Å²) in [5.74, 6) is 0.285. The second kappa shape index (κ2) is 9.08. The van der Waals surface area contributed by atoms with Crippen LogP contribution < -0.4 is 15.4 Å². The van der Waals surface area contributed by atoms with E-state index in [4.69, 9.17) is 4.74 Å². The van der Waals surface area contributed by atoms with E-state index in [-0.39, 0.29) is 11.8 Å². The van der Waals surface area contributed by atoms with Crippen molar-refractivity contribution in [3.8, 4) is 5.75 Å². The highest BCUT2D eigenvalue weighted by molar-refractivity contribution is 7.14. The van der Waals surface area contributed by atoms with Crippen LogP contribution in [0.25, 0.3) is 0 Å². The van der Waals surface area contributed by atoms with Gasteiger partial charge < -0.3 is 15.4 Å². The van der Waals surface area contributed by atoms with E-state index < -0.39 is 0 Å². The molecule has 2 N–H and O–H groups in total. The predicted octanol–water partition coefficient (Wildman–Crippen LogP) is 3.93. The molecule has 24 heavy (non-hydrogen) atoms. The molecule has 5 nitrogen and oxygen atoms in total. The van der Waals surface area contributed by atoms with E-state index in [0.717, 1.165) is 25.0 Å². The van der Waals surface area contributed by atoms with E-state index in [2.05, 4.69) is 17.6 Å². The van der Waals surface area contributed by atoms with Gasteiger partial charge in [0.1, 0.15) is 10.8 Å². The quantitative estimate of drug-likeness (QED) is 0.712. The summed E-state index contributed by atoms with van der Waals surface area (Å²) in [6.45, 7) is 2.83. The molecule has 2 aromatic rings. The Labute approximate surface area is 146 Å². The first-order chi connectivity index (χ1) is 11.7. The van der Waals surface area contributed by atoms with Crippen molar-refractivity contribution in [3.05, 3.63) is 46.8 Å². The van der Waals surface area contributed by atoms with Crippen molar-refractivity contribution >= 4 is 28.2 Å². The fourth-order valence-corrected chi connectivity index (χ4v) is 2.92. The minimum Gasteiger partial charge on any atom is -0.494 e. The highest BCUT2D eigenvalue weighted by Crippen LogP contribution is 2.24. The fraction of sp³-hybridized carbons (Fsp3) is 0.333. The van der Waals surface area contributed by atoms with Gasteiger partial charge >= 0.3 is 0 Å². The molecule has 0 saturated carbocycles. The molecule has 2 rings (SSSR count). The summed E-state index contributed by atoms with van der Waals surface area (Å²) in [4.78, 5) is 24.0. The Balaban J connectivity index is 1.95. The maximum absolute atomic E-state index is 12.3. The first-order valence-electron chi connectivity index (χ1n) is 7.99. The molecule has 1 aromatic heterocycles. The second-order valence-electron chi connectivity index (χ2n) is 5.28. The number of hydrogen-bond donors (Lipinski definition) is 2. The summed E-state index contributed by atoms with van der Waals surface area (Å²) in [6, 6.07) is 8.70. The van der Waals surface area contributed by atoms with Crippen molar-refractivity contribution in [2.75, 3.05) is 19.0 Å². The third-order valence-corrected chi connectivity index (χ3v) is 4.33. The fourth-order valence-electron chi connectivity index (χ4n) is 2.14. The number of anilines is 1. The summed E-state index contributed by atoms with van der Waals surface area (Å²) in [5, 5.41) is 7.65. The van der Waals surface area contributed by atoms with Crippen molar-refractivity contribution in [1.82, 2.24) is 5.32 Å². The number of thiophene rings is 1. The van der Waals surface area contributed by atoms with Crippen molar-refractivity contribution in [2.24, 2.45) is 0 Å². The zero-order chi connectivity index (χ0) is 17.4. The van der Waals surface area contributed by atoms with Crippen LogP contribution in [-0.2, 0) is 0 Å². The van der Waals surface area contributed by atoms with Gasteiger partial charge in [-0.05, 0) is 42.1 Å². The van der Waals surface area contributed by atoms with Gasteiger partial charge in [0.15, 0.2) is 0 Å². The van der Waals surface area contributed by atoms with Crippen LogP contribution >= 0.6 is 11.3 Å². The smallest absolute Gasteiger partial charge is 0.256 e. The minimum absolute atomic E-state index is 0.220. The molecule has 1 heterocycles. The Morgan fingerprint density at radius 3 is 2.50 bits per heavy atom. The van der Waals surface area contributed by atoms with E-state index in [1.807, 2.05) is 0 Å². The average molecular weight is 346 g/mol. The van der Waals surface area contributed by atoms with Gasteiger partial charge in [-0.1, -0.05) is 19.8 Å². The lowest BCUT2D eigenvalue weighted by Gasteiger charge is -2.08. The van der Waals surface area contributed by atoms with Crippen LogP contribution in [0.1, 0.15) is 46.9 Å². The number of carbonyl (C=O) groups excluding carboxylic acids is 2. The monoisotopic (exact) mass is 346 g/mol. The summed E-state index contributed by atoms with van der Waals surface area (Å²) in [7, 11) is 1.56. The maximum Gasteiger partial charge on any atom is 0.256 e. The Hall–Kier alpha value is -2.34. The molecule has 0 aliphatic carbocycles. The van der Waals surface area contributed by atoms with E-state index in [0.29, 0.717) is 22.7 Å². The maximum atomic E-state index is 12.3. The van der Waals surface area contributed by atoms with Crippen LogP contribution in [-0.4, -0.2) is 25.5 Å². The summed E-state index contributed by atoms with van der Waals surface area (Å²) < 4.78 is 5.63. The van der Waals surface area contributed by atoms with E-state index in [1.165, 1.54) is 11.3 Å². The summed E-state index contributed by atoms with van der Waals surface area (Å²) >= 11 is 1.32. The zero-order valence-electron chi connectivity index (χ0n) is 13.9. The van der Waals surface area contributed by atoms with Crippen molar-refractivity contribution in [3.63, 3.8) is 0 Å². The largest absolute Gasteiger partial charge is 0.494 e. The van der Waals surface area contributed by atoms with E-state index >= 15 is 0 Å². The molecule has 0 aliphatic rings. The van der Waals surface area contributed by atoms with E-state index in [1.54, 1.807) is 42.8 Å². The van der Waals surface area contributed by atoms with Crippen LogP contribution in [0.2, 0.25) is 0 Å². The molecule has 0 radical (unpaired) electrons. The van der Waals surface area contributed by atoms with Gasteiger partial charge in [0.05, 0.1) is 12.2 Å². The number of carbonyl (C=O) groups is 2. The highest BCUT2D eigenvalue weighted by Gasteiger charge is 2.14. The lowest BCUT2D eigenvalue weighted by molar-refractivity contribution is 0.0964. The average Bonchev–Trinajstić information content (AvgIpc) is 3.06. The van der Waals surface area contributed by atoms with Gasteiger partial charge in [-0.15, -0.1) is 11.3 Å². The number of benzene rings is 1. The van der Waals surface area contributed by atoms with Crippen LogP contribution in [0.3, 0.4) is 0 Å². The van der Waals surface area contributed by atoms with Crippen molar-refractivity contribution in [2.45, 2.75) is 26.2 Å². The zero-order valence-corrected chi connectivity index (χ0v) is 14.7. The lowest BCUT2D eigenvalue weighted by Crippen LogP contribution is -2.20. The molecule has 0 fully saturated rings. The van der Waals surface area contributed by atoms with Gasteiger partial charge in [0.2, 0.25) is 0 Å². The number of hydrogen-bond acceptors (Lipinski definition) is 4. The molecular formula is C18H22N2O3S. The van der Waals surface area contributed by atoms with Gasteiger partial charge in [-0.3, -0.25) is 9.59 Å². The molecule has 0 bridgehead atoms. The third kappa shape index (κ3) is 4.83. The van der Waals surface area contributed by atoms with Crippen LogP contribution in [0.4, 0.5) is 5.00 Å². The summed E-state index contributed by atoms with van der Waals surface area (Å²) in [6.07, 6.45) is 3.33. The molecular weight excluding hydrogens is 324 g/mol. The molecule has 0 spiro atoms. The standard InChI is InChI=1S/C18H22N2O3S/c1-3-4-5-11-23-14-8-6-13(7-9-14)16(21)20-18-15(10-12-24-18)17(22)19-2/h6-10,12H,3-5,11H2,1-2H3,(H,19,22)(H,20,21). The minimum atomic E-state index is -0.250. The number of unbranched alkanes of at least 4 members (excludes halogenated alkanes) is 2. The molecule has 2 amide bonds. The van der Waals surface area contributed by atoms with Crippen LogP contribution in [0.5, 0.6) is 5.75 Å². The number of ether oxygens (including phenoxy) is 1. The topological polar surface area (TPSA) is 67.4 Å². The molecule has 0 aliphatic heterocycles. The van der Waals surface area contributed by atoms with Gasteiger partial charge in [0.25, 0.3) is 11.8 Å². The Kier molecular flexibility index (Phi) is 6.81. The van der Waals surface area contributed by atoms with E-state index in [9.17, 15) is 9.59 Å². The second-order valence-corrected chi connectivity index (χ2v) is 6.19. The number of rotatable bonds is 8. The molecule has 6 heteroatoms. The Morgan fingerprint density at radius 1 is 1.08 bits per heavy atom. The third-order valence-electron chi connectivity index (χ3n) is 3.50. The normalized spacial score (nSPS) is 10.2. The lowest BCUT2D eigenvalue weighted by atomic mass is 10.2. The Morgan fingerprint density at radius 2 is 1.83 bits per heavy atom. The van der Waals surface area contributed by atoms with Gasteiger partial charge in [0, 0.05) is 12.6 Å². The van der Waals surface area contributed by atoms with Gasteiger partial charge in [-0.25, -0.2) is 0 Å². The number of amides is 2. The molecule has 0 unspecified atom stereocenters. The molecule has 1 aromatic carbocycles. The van der Waals surface area contributed by atoms with Gasteiger partial charge in [-0.2, -0.15) is 0 Å². The molecule has 128 valence electrons. The first-order valence-corrected chi connectivity index (χ1v) is 8.87. The predicted molar refractivity (Wildman–Crippen MR) is 97.1 cm³/mol. The summed E-state index contributed by atoms with van der Waals surface area (Å²) in [5.41, 5.74) is 0.985. The van der Waals surface area contributed by atoms with Crippen molar-refractivity contribution in [1.29, 1.82) is 0 Å². The first kappa shape index (κ1) is 18.0.